The van der Waals surface area contributed by atoms with Gasteiger partial charge in [-0.15, -0.1) is 0 Å². The third-order valence-electron chi connectivity index (χ3n) is 6.24. The summed E-state index contributed by atoms with van der Waals surface area (Å²) in [5.74, 6) is -1.14. The number of benzene rings is 2. The molecule has 5 rings (SSSR count). The van der Waals surface area contributed by atoms with Gasteiger partial charge in [-0.25, -0.2) is 14.4 Å². The van der Waals surface area contributed by atoms with Crippen LogP contribution < -0.4 is 5.73 Å². The topological polar surface area (TPSA) is 76.5 Å². The Morgan fingerprint density at radius 2 is 2.00 bits per heavy atom. The average molecular weight is 457 g/mol. The van der Waals surface area contributed by atoms with E-state index in [1.54, 1.807) is 4.40 Å². The van der Waals surface area contributed by atoms with Crippen LogP contribution in [0, 0.1) is 5.82 Å². The molecular formula is C23H19F4N5O. The maximum Gasteiger partial charge on any atom is 0.416 e. The number of aryl methyl sites for hydroxylation is 1. The summed E-state index contributed by atoms with van der Waals surface area (Å²) < 4.78 is 56.0. The number of carbonyl (C=O) groups is 1. The summed E-state index contributed by atoms with van der Waals surface area (Å²) >= 11 is 0. The van der Waals surface area contributed by atoms with Crippen LogP contribution in [0.4, 0.5) is 23.4 Å². The van der Waals surface area contributed by atoms with Gasteiger partial charge in [-0.3, -0.25) is 9.20 Å². The van der Waals surface area contributed by atoms with E-state index in [0.717, 1.165) is 18.2 Å². The minimum absolute atomic E-state index is 0.161. The number of imidazole rings is 1. The molecule has 10 heteroatoms. The highest BCUT2D eigenvalue weighted by atomic mass is 19.4. The molecule has 1 atom stereocenters. The summed E-state index contributed by atoms with van der Waals surface area (Å²) in [7, 11) is 1.54. The van der Waals surface area contributed by atoms with E-state index in [9.17, 15) is 22.4 Å². The van der Waals surface area contributed by atoms with Crippen molar-refractivity contribution < 1.29 is 22.4 Å². The smallest absolute Gasteiger partial charge is 0.382 e. The quantitative estimate of drug-likeness (QED) is 0.440. The van der Waals surface area contributed by atoms with Gasteiger partial charge in [0.05, 0.1) is 40.7 Å². The van der Waals surface area contributed by atoms with Crippen LogP contribution in [0.25, 0.3) is 16.6 Å². The second-order valence-corrected chi connectivity index (χ2v) is 8.20. The van der Waals surface area contributed by atoms with Crippen molar-refractivity contribution in [2.75, 3.05) is 12.8 Å². The summed E-state index contributed by atoms with van der Waals surface area (Å²) in [5.41, 5.74) is 7.50. The first-order valence-electron chi connectivity index (χ1n) is 10.3. The van der Waals surface area contributed by atoms with Crippen LogP contribution in [0.5, 0.6) is 0 Å². The molecule has 33 heavy (non-hydrogen) atoms. The number of amides is 1. The molecule has 0 aliphatic heterocycles. The highest BCUT2D eigenvalue weighted by molar-refractivity contribution is 5.98. The standard InChI is InChI=1S/C23H19F4N5O/c1-31(18-4-2-3-12-7-13(23(25,26)27)5-6-14(12)18)22(33)15-8-19-17(9-16(15)24)30-21(28)20-10-29-11-32(19)20/h5-11,18H,2-4H2,1H3,(H2,28,30)/t18-/m1/s1. The third-order valence-corrected chi connectivity index (χ3v) is 6.24. The lowest BCUT2D eigenvalue weighted by atomic mass is 9.85. The van der Waals surface area contributed by atoms with Crippen LogP contribution in [0.1, 0.15) is 45.9 Å². The Morgan fingerprint density at radius 1 is 1.21 bits per heavy atom. The van der Waals surface area contributed by atoms with Crippen LogP contribution in [0.3, 0.4) is 0 Å². The summed E-state index contributed by atoms with van der Waals surface area (Å²) in [6.07, 6.45) is 0.269. The van der Waals surface area contributed by atoms with Crippen molar-refractivity contribution in [1.82, 2.24) is 19.3 Å². The van der Waals surface area contributed by atoms with Crippen molar-refractivity contribution in [3.63, 3.8) is 0 Å². The van der Waals surface area contributed by atoms with E-state index in [4.69, 9.17) is 5.73 Å². The Morgan fingerprint density at radius 3 is 2.76 bits per heavy atom. The first-order valence-corrected chi connectivity index (χ1v) is 10.3. The fourth-order valence-corrected chi connectivity index (χ4v) is 4.56. The normalized spacial score (nSPS) is 16.2. The summed E-state index contributed by atoms with van der Waals surface area (Å²) in [4.78, 5) is 22.9. The van der Waals surface area contributed by atoms with E-state index in [1.165, 1.54) is 36.6 Å². The number of hydrogen-bond donors (Lipinski definition) is 1. The number of nitrogen functional groups attached to an aromatic ring is 1. The maximum absolute atomic E-state index is 15.0. The Kier molecular flexibility index (Phi) is 4.77. The number of halogens is 4. The molecule has 6 nitrogen and oxygen atoms in total. The van der Waals surface area contributed by atoms with Gasteiger partial charge in [0.15, 0.2) is 0 Å². The number of rotatable bonds is 2. The van der Waals surface area contributed by atoms with Crippen molar-refractivity contribution in [3.05, 3.63) is 70.9 Å². The number of carbonyl (C=O) groups excluding carboxylic acids is 1. The molecule has 2 aromatic carbocycles. The molecule has 4 aromatic rings. The Balaban J connectivity index is 1.54. The number of anilines is 1. The summed E-state index contributed by atoms with van der Waals surface area (Å²) in [6, 6.07) is 5.68. The molecular weight excluding hydrogens is 438 g/mol. The Labute approximate surface area is 185 Å². The van der Waals surface area contributed by atoms with Gasteiger partial charge >= 0.3 is 6.18 Å². The predicted molar refractivity (Wildman–Crippen MR) is 114 cm³/mol. The van der Waals surface area contributed by atoms with Crippen LogP contribution in [0.2, 0.25) is 0 Å². The van der Waals surface area contributed by atoms with Gasteiger partial charge in [-0.05, 0) is 48.6 Å². The maximum atomic E-state index is 15.0. The van der Waals surface area contributed by atoms with E-state index in [-0.39, 0.29) is 16.9 Å². The molecule has 1 aliphatic rings. The first-order chi connectivity index (χ1) is 15.6. The van der Waals surface area contributed by atoms with Crippen LogP contribution in [0.15, 0.2) is 42.9 Å². The number of alkyl halides is 3. The van der Waals surface area contributed by atoms with Gasteiger partial charge in [0.2, 0.25) is 0 Å². The monoisotopic (exact) mass is 457 g/mol. The third kappa shape index (κ3) is 3.46. The molecule has 2 heterocycles. The molecule has 0 bridgehead atoms. The van der Waals surface area contributed by atoms with Crippen molar-refractivity contribution in [2.45, 2.75) is 31.5 Å². The highest BCUT2D eigenvalue weighted by Gasteiger charge is 2.34. The van der Waals surface area contributed by atoms with E-state index in [2.05, 4.69) is 9.97 Å². The molecule has 0 radical (unpaired) electrons. The number of nitrogens with zero attached hydrogens (tertiary/aromatic N) is 4. The Hall–Kier alpha value is -3.69. The van der Waals surface area contributed by atoms with Gasteiger partial charge in [-0.1, -0.05) is 6.07 Å². The van der Waals surface area contributed by atoms with Gasteiger partial charge in [0.1, 0.15) is 17.2 Å². The SMILES string of the molecule is CN(C(=O)c1cc2c(cc1F)nc(N)c1cncn12)[C@@H]1CCCc2cc(C(F)(F)F)ccc21. The molecule has 1 amide bonds. The van der Waals surface area contributed by atoms with Gasteiger partial charge in [-0.2, -0.15) is 13.2 Å². The van der Waals surface area contributed by atoms with Crippen LogP contribution in [-0.2, 0) is 12.6 Å². The number of fused-ring (bicyclic) bond motifs is 4. The molecule has 0 spiro atoms. The molecule has 2 N–H and O–H groups in total. The molecule has 0 saturated heterocycles. The van der Waals surface area contributed by atoms with Gasteiger partial charge in [0.25, 0.3) is 5.91 Å². The molecule has 0 fully saturated rings. The number of hydrogen-bond acceptors (Lipinski definition) is 4. The predicted octanol–water partition coefficient (Wildman–Crippen LogP) is 4.77. The highest BCUT2D eigenvalue weighted by Crippen LogP contribution is 2.38. The minimum atomic E-state index is -4.44. The number of aromatic nitrogens is 3. The zero-order valence-corrected chi connectivity index (χ0v) is 17.5. The van der Waals surface area contributed by atoms with E-state index >= 15 is 0 Å². The second-order valence-electron chi connectivity index (χ2n) is 8.20. The van der Waals surface area contributed by atoms with Gasteiger partial charge in [0, 0.05) is 13.1 Å². The van der Waals surface area contributed by atoms with Crippen LogP contribution >= 0.6 is 0 Å². The lowest BCUT2D eigenvalue weighted by Crippen LogP contribution is -2.34. The largest absolute Gasteiger partial charge is 0.416 e. The molecule has 2 aromatic heterocycles. The fraction of sp³-hybridized carbons (Fsp3) is 0.261. The Bertz CT molecular complexity index is 1410. The molecule has 0 saturated carbocycles. The van der Waals surface area contributed by atoms with Crippen molar-refractivity contribution >= 4 is 28.3 Å². The van der Waals surface area contributed by atoms with Crippen LogP contribution in [-0.4, -0.2) is 32.2 Å². The van der Waals surface area contributed by atoms with E-state index in [1.807, 2.05) is 0 Å². The van der Waals surface area contributed by atoms with Crippen molar-refractivity contribution in [2.24, 2.45) is 0 Å². The lowest BCUT2D eigenvalue weighted by molar-refractivity contribution is -0.137. The average Bonchev–Trinajstić information content (AvgIpc) is 3.27. The zero-order chi connectivity index (χ0) is 23.5. The fourth-order valence-electron chi connectivity index (χ4n) is 4.56. The molecule has 1 aliphatic carbocycles. The van der Waals surface area contributed by atoms with Gasteiger partial charge < -0.3 is 10.6 Å². The second kappa shape index (κ2) is 7.43. The van der Waals surface area contributed by atoms with E-state index in [0.29, 0.717) is 41.4 Å². The summed E-state index contributed by atoms with van der Waals surface area (Å²) in [6.45, 7) is 0. The molecule has 0 unspecified atom stereocenters. The van der Waals surface area contributed by atoms with Crippen molar-refractivity contribution in [1.29, 1.82) is 0 Å². The first kappa shape index (κ1) is 21.2. The van der Waals surface area contributed by atoms with E-state index < -0.39 is 29.5 Å². The minimum Gasteiger partial charge on any atom is -0.382 e. The lowest BCUT2D eigenvalue weighted by Gasteiger charge is -2.34. The zero-order valence-electron chi connectivity index (χ0n) is 17.5. The van der Waals surface area contributed by atoms with Crippen molar-refractivity contribution in [3.8, 4) is 0 Å². The number of nitrogens with two attached hydrogens (primary N) is 1. The molecule has 170 valence electrons. The summed E-state index contributed by atoms with van der Waals surface area (Å²) in [5, 5.41) is 0.